The third-order valence-corrected chi connectivity index (χ3v) is 3.92. The molecule has 0 spiro atoms. The zero-order chi connectivity index (χ0) is 13.7. The van der Waals surface area contributed by atoms with Gasteiger partial charge in [-0.3, -0.25) is 4.99 Å². The molecule has 1 aliphatic heterocycles. The summed E-state index contributed by atoms with van der Waals surface area (Å²) in [6.07, 6.45) is -0.670. The second-order valence-corrected chi connectivity index (χ2v) is 5.54. The van der Waals surface area contributed by atoms with E-state index in [0.29, 0.717) is 6.42 Å². The lowest BCUT2D eigenvalue weighted by molar-refractivity contribution is -0.0333. The van der Waals surface area contributed by atoms with Gasteiger partial charge in [0.1, 0.15) is 11.5 Å². The number of aliphatic hydroxyl groups is 3. The van der Waals surface area contributed by atoms with Crippen LogP contribution in [0.15, 0.2) is 4.99 Å². The number of aliphatic hydroxyl groups excluding tert-OH is 3. The van der Waals surface area contributed by atoms with Crippen molar-refractivity contribution in [2.45, 2.75) is 37.0 Å². The summed E-state index contributed by atoms with van der Waals surface area (Å²) in [5.41, 5.74) is -0.328. The molecule has 7 heteroatoms. The van der Waals surface area contributed by atoms with Crippen molar-refractivity contribution in [3.63, 3.8) is 0 Å². The summed E-state index contributed by atoms with van der Waals surface area (Å²) in [5.74, 6) is 0. The number of hydrogen-bond acceptors (Lipinski definition) is 7. The summed E-state index contributed by atoms with van der Waals surface area (Å²) < 4.78 is 5.71. The smallest absolute Gasteiger partial charge is 0.161 e. The van der Waals surface area contributed by atoms with Crippen LogP contribution in [0, 0.1) is 0 Å². The van der Waals surface area contributed by atoms with Gasteiger partial charge in [-0.05, 0) is 13.3 Å². The summed E-state index contributed by atoms with van der Waals surface area (Å²) in [6, 6.07) is -0.347. The zero-order valence-electron chi connectivity index (χ0n) is 11.0. The molecule has 3 N–H and O–H groups in total. The fourth-order valence-corrected chi connectivity index (χ4v) is 2.83. The molecule has 1 rings (SSSR count). The largest absolute Gasteiger partial charge is 0.396 e. The molecule has 4 atom stereocenters. The first-order valence-corrected chi connectivity index (χ1v) is 6.84. The fourth-order valence-electron chi connectivity index (χ4n) is 1.59. The van der Waals surface area contributed by atoms with Crippen molar-refractivity contribution >= 4 is 16.9 Å². The quantitative estimate of drug-likeness (QED) is 0.606. The van der Waals surface area contributed by atoms with Gasteiger partial charge in [0.2, 0.25) is 0 Å². The van der Waals surface area contributed by atoms with E-state index in [1.807, 2.05) is 19.0 Å². The molecule has 0 bridgehead atoms. The van der Waals surface area contributed by atoms with Gasteiger partial charge in [0.25, 0.3) is 0 Å². The Morgan fingerprint density at radius 3 is 2.56 bits per heavy atom. The van der Waals surface area contributed by atoms with E-state index < -0.39 is 12.2 Å². The normalized spacial score (nSPS) is 26.9. The van der Waals surface area contributed by atoms with Crippen LogP contribution in [-0.4, -0.2) is 76.4 Å². The highest BCUT2D eigenvalue weighted by Gasteiger charge is 2.36. The third-order valence-electron chi connectivity index (χ3n) is 2.62. The van der Waals surface area contributed by atoms with Crippen molar-refractivity contribution in [1.29, 1.82) is 0 Å². The highest BCUT2D eigenvalue weighted by Crippen LogP contribution is 2.31. The molecule has 0 saturated carbocycles. The SMILES string of the molecule is C[C@H](O)[C@H]1N=C(N(C)C)S[C@H]1O[C@@H](CO)CCO. The molecular weight excluding hydrogens is 256 g/mol. The Balaban J connectivity index is 2.65. The van der Waals surface area contributed by atoms with Crippen LogP contribution < -0.4 is 0 Å². The fraction of sp³-hybridized carbons (Fsp3) is 0.909. The summed E-state index contributed by atoms with van der Waals surface area (Å²) in [7, 11) is 3.76. The van der Waals surface area contributed by atoms with Crippen LogP contribution in [-0.2, 0) is 4.74 Å². The molecule has 18 heavy (non-hydrogen) atoms. The molecule has 106 valence electrons. The Morgan fingerprint density at radius 1 is 1.44 bits per heavy atom. The number of amidine groups is 1. The van der Waals surface area contributed by atoms with Gasteiger partial charge in [-0.1, -0.05) is 11.8 Å². The highest BCUT2D eigenvalue weighted by atomic mass is 32.2. The van der Waals surface area contributed by atoms with E-state index in [4.69, 9.17) is 14.9 Å². The lowest BCUT2D eigenvalue weighted by Crippen LogP contribution is -2.35. The van der Waals surface area contributed by atoms with Crippen molar-refractivity contribution in [3.8, 4) is 0 Å². The number of hydrogen-bond donors (Lipinski definition) is 3. The van der Waals surface area contributed by atoms with Crippen LogP contribution in [0.25, 0.3) is 0 Å². The van der Waals surface area contributed by atoms with Gasteiger partial charge in [0, 0.05) is 20.7 Å². The number of rotatable bonds is 6. The zero-order valence-corrected chi connectivity index (χ0v) is 11.8. The van der Waals surface area contributed by atoms with Gasteiger partial charge in [0.05, 0.1) is 18.8 Å². The first-order valence-electron chi connectivity index (χ1n) is 5.96. The standard InChI is InChI=1S/C11H22N2O4S/c1-7(16)9-10(17-8(6-15)4-5-14)18-11(12-9)13(2)3/h7-10,14-16H,4-6H2,1-3H3/t7-,8+,9+,10+/m0/s1. The van der Waals surface area contributed by atoms with Gasteiger partial charge in [-0.2, -0.15) is 0 Å². The van der Waals surface area contributed by atoms with Gasteiger partial charge >= 0.3 is 0 Å². The number of aliphatic imine (C=N–C) groups is 1. The van der Waals surface area contributed by atoms with Crippen LogP contribution in [0.3, 0.4) is 0 Å². The van der Waals surface area contributed by atoms with E-state index in [9.17, 15) is 5.11 Å². The van der Waals surface area contributed by atoms with Gasteiger partial charge in [0.15, 0.2) is 5.17 Å². The molecule has 0 aliphatic carbocycles. The van der Waals surface area contributed by atoms with Gasteiger partial charge in [-0.25, -0.2) is 0 Å². The summed E-state index contributed by atoms with van der Waals surface area (Å²) >= 11 is 1.43. The lowest BCUT2D eigenvalue weighted by Gasteiger charge is -2.24. The van der Waals surface area contributed by atoms with Gasteiger partial charge < -0.3 is 25.0 Å². The molecule has 0 fully saturated rings. The van der Waals surface area contributed by atoms with E-state index in [1.54, 1.807) is 6.92 Å². The minimum absolute atomic E-state index is 0.0383. The van der Waals surface area contributed by atoms with Crippen LogP contribution in [0.2, 0.25) is 0 Å². The number of ether oxygens (including phenoxy) is 1. The molecule has 6 nitrogen and oxygen atoms in total. The first-order chi connectivity index (χ1) is 8.49. The van der Waals surface area contributed by atoms with Crippen LogP contribution in [0.1, 0.15) is 13.3 Å². The second-order valence-electron chi connectivity index (χ2n) is 4.48. The molecular formula is C11H22N2O4S. The lowest BCUT2D eigenvalue weighted by atomic mass is 10.2. The van der Waals surface area contributed by atoms with Crippen molar-refractivity contribution in [2.24, 2.45) is 4.99 Å². The Hall–Kier alpha value is -0.340. The third kappa shape index (κ3) is 4.10. The molecule has 0 aromatic heterocycles. The van der Waals surface area contributed by atoms with Crippen LogP contribution in [0.5, 0.6) is 0 Å². The predicted molar refractivity (Wildman–Crippen MR) is 71.6 cm³/mol. The maximum absolute atomic E-state index is 9.71. The van der Waals surface area contributed by atoms with E-state index in [-0.39, 0.29) is 24.7 Å². The Labute approximate surface area is 112 Å². The Morgan fingerprint density at radius 2 is 2.11 bits per heavy atom. The van der Waals surface area contributed by atoms with Crippen molar-refractivity contribution in [1.82, 2.24) is 4.90 Å². The summed E-state index contributed by atoms with van der Waals surface area (Å²) in [6.45, 7) is 1.48. The van der Waals surface area contributed by atoms with Crippen molar-refractivity contribution in [3.05, 3.63) is 0 Å². The minimum atomic E-state index is -0.617. The molecule has 1 aliphatic rings. The van der Waals surface area contributed by atoms with Crippen LogP contribution >= 0.6 is 11.8 Å². The molecule has 0 radical (unpaired) electrons. The predicted octanol–water partition coefficient (Wildman–Crippen LogP) is -0.514. The molecule has 0 aromatic carbocycles. The van der Waals surface area contributed by atoms with Crippen molar-refractivity contribution < 1.29 is 20.1 Å². The molecule has 0 unspecified atom stereocenters. The van der Waals surface area contributed by atoms with E-state index >= 15 is 0 Å². The second kappa shape index (κ2) is 7.30. The maximum atomic E-state index is 9.71. The van der Waals surface area contributed by atoms with Crippen LogP contribution in [0.4, 0.5) is 0 Å². The highest BCUT2D eigenvalue weighted by molar-refractivity contribution is 8.14. The van der Waals surface area contributed by atoms with Gasteiger partial charge in [-0.15, -0.1) is 0 Å². The first kappa shape index (κ1) is 15.7. The molecule has 0 saturated heterocycles. The average Bonchev–Trinajstić information content (AvgIpc) is 2.72. The molecule has 1 heterocycles. The Bertz CT molecular complexity index is 286. The van der Waals surface area contributed by atoms with E-state index in [1.165, 1.54) is 11.8 Å². The molecule has 0 aromatic rings. The number of nitrogens with zero attached hydrogens (tertiary/aromatic N) is 2. The minimum Gasteiger partial charge on any atom is -0.396 e. The number of thioether (sulfide) groups is 1. The monoisotopic (exact) mass is 278 g/mol. The van der Waals surface area contributed by atoms with Crippen molar-refractivity contribution in [2.75, 3.05) is 27.3 Å². The Kier molecular flexibility index (Phi) is 6.37. The topological polar surface area (TPSA) is 85.5 Å². The van der Waals surface area contributed by atoms with E-state index in [2.05, 4.69) is 4.99 Å². The van der Waals surface area contributed by atoms with E-state index in [0.717, 1.165) is 5.17 Å². The summed E-state index contributed by atoms with van der Waals surface area (Å²) in [4.78, 5) is 6.27. The average molecular weight is 278 g/mol. The maximum Gasteiger partial charge on any atom is 0.161 e. The molecule has 0 amide bonds. The summed E-state index contributed by atoms with van der Waals surface area (Å²) in [5, 5.41) is 28.5.